The standard InChI is InChI=1S/C19H16N4O4S/c1-28-19-21-18-16(22-23-19)13-4-2-3-5-14(13)20-17(27-18)11-6-8-12(9-7-11)26-10-15(24)25/h2-9,17,20H,10H2,1H3,(H,24,25)/t17-/m0/s1. The molecule has 2 heterocycles. The minimum Gasteiger partial charge on any atom is -0.482 e. The Hall–Kier alpha value is -3.33. The first kappa shape index (κ1) is 18.1. The molecule has 1 aliphatic heterocycles. The highest BCUT2D eigenvalue weighted by Gasteiger charge is 2.25. The third-order valence-electron chi connectivity index (χ3n) is 4.06. The maximum absolute atomic E-state index is 10.6. The Morgan fingerprint density at radius 2 is 2.00 bits per heavy atom. The number of ether oxygens (including phenoxy) is 2. The van der Waals surface area contributed by atoms with Gasteiger partial charge in [-0.3, -0.25) is 0 Å². The number of thioether (sulfide) groups is 1. The van der Waals surface area contributed by atoms with E-state index in [0.29, 0.717) is 22.5 Å². The quantitative estimate of drug-likeness (QED) is 0.629. The van der Waals surface area contributed by atoms with Crippen LogP contribution in [0, 0.1) is 0 Å². The molecule has 0 spiro atoms. The van der Waals surface area contributed by atoms with Crippen LogP contribution in [0.5, 0.6) is 11.6 Å². The van der Waals surface area contributed by atoms with Gasteiger partial charge in [0.1, 0.15) is 5.75 Å². The van der Waals surface area contributed by atoms with Gasteiger partial charge in [0.25, 0.3) is 0 Å². The second kappa shape index (κ2) is 7.73. The van der Waals surface area contributed by atoms with E-state index in [9.17, 15) is 4.79 Å². The maximum atomic E-state index is 10.6. The van der Waals surface area contributed by atoms with Crippen LogP contribution >= 0.6 is 11.8 Å². The van der Waals surface area contributed by atoms with Gasteiger partial charge in [-0.15, -0.1) is 10.2 Å². The number of carboxylic acid groups (broad SMARTS) is 1. The summed E-state index contributed by atoms with van der Waals surface area (Å²) in [6.07, 6.45) is 1.36. The van der Waals surface area contributed by atoms with E-state index >= 15 is 0 Å². The second-order valence-electron chi connectivity index (χ2n) is 5.89. The van der Waals surface area contributed by atoms with Crippen molar-refractivity contribution in [3.8, 4) is 22.9 Å². The molecular weight excluding hydrogens is 380 g/mol. The summed E-state index contributed by atoms with van der Waals surface area (Å²) in [6.45, 7) is -0.391. The largest absolute Gasteiger partial charge is 0.482 e. The van der Waals surface area contributed by atoms with E-state index in [4.69, 9.17) is 14.6 Å². The van der Waals surface area contributed by atoms with E-state index in [0.717, 1.165) is 16.8 Å². The lowest BCUT2D eigenvalue weighted by atomic mass is 10.1. The second-order valence-corrected chi connectivity index (χ2v) is 6.66. The Labute approximate surface area is 164 Å². The fourth-order valence-electron chi connectivity index (χ4n) is 2.77. The Kier molecular flexibility index (Phi) is 4.98. The highest BCUT2D eigenvalue weighted by Crippen LogP contribution is 2.39. The Balaban J connectivity index is 1.68. The number of hydrogen-bond acceptors (Lipinski definition) is 8. The first-order chi connectivity index (χ1) is 13.6. The number of carboxylic acids is 1. The molecule has 0 amide bonds. The van der Waals surface area contributed by atoms with Crippen LogP contribution in [0.3, 0.4) is 0 Å². The zero-order chi connectivity index (χ0) is 19.5. The number of aromatic nitrogens is 3. The topological polar surface area (TPSA) is 106 Å². The zero-order valence-electron chi connectivity index (χ0n) is 14.8. The lowest BCUT2D eigenvalue weighted by Gasteiger charge is -2.19. The summed E-state index contributed by atoms with van der Waals surface area (Å²) in [7, 11) is 0. The van der Waals surface area contributed by atoms with Gasteiger partial charge in [-0.25, -0.2) is 4.79 Å². The molecule has 0 bridgehead atoms. The van der Waals surface area contributed by atoms with Crippen molar-refractivity contribution in [2.24, 2.45) is 0 Å². The zero-order valence-corrected chi connectivity index (χ0v) is 15.6. The molecule has 3 aromatic rings. The first-order valence-electron chi connectivity index (χ1n) is 8.40. The van der Waals surface area contributed by atoms with E-state index in [1.807, 2.05) is 42.7 Å². The van der Waals surface area contributed by atoms with Gasteiger partial charge in [-0.1, -0.05) is 30.0 Å². The minimum absolute atomic E-state index is 0.391. The predicted molar refractivity (Wildman–Crippen MR) is 104 cm³/mol. The van der Waals surface area contributed by atoms with Crippen molar-refractivity contribution in [3.05, 3.63) is 54.1 Å². The molecule has 9 heteroatoms. The van der Waals surface area contributed by atoms with Crippen LogP contribution in [0.2, 0.25) is 0 Å². The third kappa shape index (κ3) is 3.70. The van der Waals surface area contributed by atoms with Crippen LogP contribution in [0.4, 0.5) is 5.69 Å². The van der Waals surface area contributed by atoms with E-state index in [1.165, 1.54) is 11.8 Å². The van der Waals surface area contributed by atoms with Crippen LogP contribution in [-0.2, 0) is 4.79 Å². The summed E-state index contributed by atoms with van der Waals surface area (Å²) in [4.78, 5) is 15.1. The Morgan fingerprint density at radius 1 is 1.21 bits per heavy atom. The maximum Gasteiger partial charge on any atom is 0.341 e. The Morgan fingerprint density at radius 3 is 2.75 bits per heavy atom. The molecule has 2 aromatic carbocycles. The summed E-state index contributed by atoms with van der Waals surface area (Å²) in [5.41, 5.74) is 3.11. The molecule has 1 aromatic heterocycles. The van der Waals surface area contributed by atoms with Crippen LogP contribution in [0.1, 0.15) is 11.8 Å². The summed E-state index contributed by atoms with van der Waals surface area (Å²) in [5.74, 6) is -0.162. The van der Waals surface area contributed by atoms with Gasteiger partial charge in [0.15, 0.2) is 18.5 Å². The molecule has 0 fully saturated rings. The molecule has 0 radical (unpaired) electrons. The molecule has 142 valence electrons. The van der Waals surface area contributed by atoms with Gasteiger partial charge in [-0.2, -0.15) is 4.98 Å². The molecule has 2 N–H and O–H groups in total. The third-order valence-corrected chi connectivity index (χ3v) is 4.60. The number of rotatable bonds is 5. The number of benzene rings is 2. The number of para-hydroxylation sites is 1. The highest BCUT2D eigenvalue weighted by molar-refractivity contribution is 7.98. The van der Waals surface area contributed by atoms with Crippen LogP contribution in [0.25, 0.3) is 11.3 Å². The SMILES string of the molecule is CSc1nnc2c(n1)O[C@@H](c1ccc(OCC(=O)O)cc1)Nc1ccccc1-2. The molecule has 0 saturated heterocycles. The molecule has 4 rings (SSSR count). The molecule has 0 saturated carbocycles. The molecule has 1 atom stereocenters. The number of nitrogens with zero attached hydrogens (tertiary/aromatic N) is 3. The van der Waals surface area contributed by atoms with Crippen molar-refractivity contribution in [3.63, 3.8) is 0 Å². The summed E-state index contributed by atoms with van der Waals surface area (Å²) < 4.78 is 11.3. The summed E-state index contributed by atoms with van der Waals surface area (Å²) in [5, 5.41) is 21.0. The van der Waals surface area contributed by atoms with Crippen LogP contribution in [-0.4, -0.2) is 39.1 Å². The van der Waals surface area contributed by atoms with E-state index < -0.39 is 18.8 Å². The average Bonchev–Trinajstić information content (AvgIpc) is 2.89. The van der Waals surface area contributed by atoms with Crippen molar-refractivity contribution in [2.75, 3.05) is 18.2 Å². The molecule has 0 unspecified atom stereocenters. The predicted octanol–water partition coefficient (Wildman–Crippen LogP) is 3.23. The number of aliphatic carboxylic acids is 1. The highest BCUT2D eigenvalue weighted by atomic mass is 32.2. The van der Waals surface area contributed by atoms with Crippen molar-refractivity contribution in [2.45, 2.75) is 11.4 Å². The van der Waals surface area contributed by atoms with E-state index in [1.54, 1.807) is 12.1 Å². The van der Waals surface area contributed by atoms with Gasteiger partial charge in [-0.05, 0) is 36.6 Å². The summed E-state index contributed by atoms with van der Waals surface area (Å²) in [6, 6.07) is 14.7. The Bertz CT molecular complexity index is 1010. The molecule has 0 aliphatic carbocycles. The number of fused-ring (bicyclic) bond motifs is 3. The van der Waals surface area contributed by atoms with E-state index in [-0.39, 0.29) is 0 Å². The number of hydrogen-bond donors (Lipinski definition) is 2. The average molecular weight is 396 g/mol. The van der Waals surface area contributed by atoms with Crippen LogP contribution in [0.15, 0.2) is 53.7 Å². The monoisotopic (exact) mass is 396 g/mol. The van der Waals surface area contributed by atoms with Crippen molar-refractivity contribution in [1.29, 1.82) is 0 Å². The smallest absolute Gasteiger partial charge is 0.341 e. The minimum atomic E-state index is -1.03. The number of nitrogens with one attached hydrogen (secondary N) is 1. The van der Waals surface area contributed by atoms with Gasteiger partial charge in [0.2, 0.25) is 11.0 Å². The van der Waals surface area contributed by atoms with Gasteiger partial charge in [0.05, 0.1) is 0 Å². The van der Waals surface area contributed by atoms with Crippen molar-refractivity contribution in [1.82, 2.24) is 15.2 Å². The first-order valence-corrected chi connectivity index (χ1v) is 9.62. The lowest BCUT2D eigenvalue weighted by molar-refractivity contribution is -0.139. The van der Waals surface area contributed by atoms with Crippen molar-refractivity contribution < 1.29 is 19.4 Å². The molecule has 8 nitrogen and oxygen atoms in total. The summed E-state index contributed by atoms with van der Waals surface area (Å²) >= 11 is 1.39. The van der Waals surface area contributed by atoms with Gasteiger partial charge < -0.3 is 19.9 Å². The fourth-order valence-corrected chi connectivity index (χ4v) is 3.07. The van der Waals surface area contributed by atoms with Crippen LogP contribution < -0.4 is 14.8 Å². The van der Waals surface area contributed by atoms with E-state index in [2.05, 4.69) is 20.5 Å². The molecule has 28 heavy (non-hydrogen) atoms. The fraction of sp³-hybridized carbons (Fsp3) is 0.158. The number of carbonyl (C=O) groups is 1. The van der Waals surface area contributed by atoms with Gasteiger partial charge >= 0.3 is 5.97 Å². The lowest BCUT2D eigenvalue weighted by Crippen LogP contribution is -2.17. The number of anilines is 1. The molecular formula is C19H16N4O4S. The van der Waals surface area contributed by atoms with Crippen molar-refractivity contribution >= 4 is 23.4 Å². The van der Waals surface area contributed by atoms with Gasteiger partial charge in [0, 0.05) is 16.8 Å². The molecule has 1 aliphatic rings. The normalized spacial score (nSPS) is 14.7.